The van der Waals surface area contributed by atoms with Gasteiger partial charge >= 0.3 is 0 Å². The minimum absolute atomic E-state index is 0.155. The van der Waals surface area contributed by atoms with Crippen molar-refractivity contribution in [2.24, 2.45) is 13.0 Å². The second-order valence-electron chi connectivity index (χ2n) is 8.12. The molecule has 2 aromatic rings. The van der Waals surface area contributed by atoms with Crippen LogP contribution in [0.25, 0.3) is 0 Å². The maximum absolute atomic E-state index is 12.7. The number of nitrogens with zero attached hydrogens (tertiary/aromatic N) is 3. The maximum atomic E-state index is 12.7. The number of nitrogens with one attached hydrogen (secondary N) is 1. The molecule has 1 N–H and O–H groups in total. The van der Waals surface area contributed by atoms with E-state index in [1.54, 1.807) is 48.5 Å². The van der Waals surface area contributed by atoms with E-state index in [0.717, 1.165) is 4.90 Å². The molecule has 1 aromatic heterocycles. The third-order valence-electron chi connectivity index (χ3n) is 6.02. The van der Waals surface area contributed by atoms with Crippen molar-refractivity contribution in [3.05, 3.63) is 69.6 Å². The molecule has 32 heavy (non-hydrogen) atoms. The third-order valence-corrected chi connectivity index (χ3v) is 6.02. The summed E-state index contributed by atoms with van der Waals surface area (Å²) >= 11 is 0. The van der Waals surface area contributed by atoms with Gasteiger partial charge in [0.05, 0.1) is 11.1 Å². The highest BCUT2D eigenvalue weighted by Crippen LogP contribution is 2.22. The van der Waals surface area contributed by atoms with Gasteiger partial charge in [0.25, 0.3) is 23.3 Å². The lowest BCUT2D eigenvalue weighted by Crippen LogP contribution is -2.45. The number of carbonyl (C=O) groups excluding carboxylic acids is 4. The van der Waals surface area contributed by atoms with Crippen molar-refractivity contribution in [2.75, 3.05) is 26.2 Å². The minimum Gasteiger partial charge on any atom is -0.354 e. The van der Waals surface area contributed by atoms with Gasteiger partial charge in [-0.25, -0.2) is 0 Å². The van der Waals surface area contributed by atoms with Crippen molar-refractivity contribution < 1.29 is 19.2 Å². The van der Waals surface area contributed by atoms with Gasteiger partial charge in [-0.15, -0.1) is 0 Å². The molecule has 4 rings (SSSR count). The lowest BCUT2D eigenvalue weighted by Gasteiger charge is -2.32. The molecule has 1 fully saturated rings. The van der Waals surface area contributed by atoms with Gasteiger partial charge in [-0.2, -0.15) is 0 Å². The fourth-order valence-electron chi connectivity index (χ4n) is 4.11. The van der Waals surface area contributed by atoms with E-state index >= 15 is 0 Å². The zero-order valence-corrected chi connectivity index (χ0v) is 17.7. The van der Waals surface area contributed by atoms with E-state index in [1.165, 1.54) is 10.6 Å². The fourth-order valence-corrected chi connectivity index (χ4v) is 4.11. The summed E-state index contributed by atoms with van der Waals surface area (Å²) in [5.41, 5.74) is 0.467. The summed E-state index contributed by atoms with van der Waals surface area (Å²) in [4.78, 5) is 64.6. The Labute approximate surface area is 184 Å². The molecule has 166 valence electrons. The third kappa shape index (κ3) is 4.05. The van der Waals surface area contributed by atoms with Crippen LogP contribution in [0.1, 0.15) is 43.9 Å². The highest BCUT2D eigenvalue weighted by molar-refractivity contribution is 6.22. The molecule has 0 unspecified atom stereocenters. The number of rotatable bonds is 5. The number of carbonyl (C=O) groups is 4. The predicted octanol–water partition coefficient (Wildman–Crippen LogP) is 0.650. The van der Waals surface area contributed by atoms with Crippen molar-refractivity contribution in [1.29, 1.82) is 0 Å². The van der Waals surface area contributed by atoms with Crippen LogP contribution in [0.5, 0.6) is 0 Å². The number of aromatic nitrogens is 1. The Morgan fingerprint density at radius 3 is 2.22 bits per heavy atom. The highest BCUT2D eigenvalue weighted by Gasteiger charge is 2.36. The quantitative estimate of drug-likeness (QED) is 0.693. The Kier molecular flexibility index (Phi) is 5.89. The molecule has 4 amide bonds. The summed E-state index contributed by atoms with van der Waals surface area (Å²) < 4.78 is 1.38. The number of benzene rings is 1. The lowest BCUT2D eigenvalue weighted by molar-refractivity contribution is -0.121. The van der Waals surface area contributed by atoms with E-state index in [2.05, 4.69) is 5.32 Å². The van der Waals surface area contributed by atoms with Crippen LogP contribution in [0.2, 0.25) is 0 Å². The number of hydrogen-bond acceptors (Lipinski definition) is 5. The molecule has 1 saturated heterocycles. The molecule has 0 saturated carbocycles. The van der Waals surface area contributed by atoms with Crippen molar-refractivity contribution in [1.82, 2.24) is 19.7 Å². The van der Waals surface area contributed by atoms with Crippen LogP contribution in [0, 0.1) is 5.92 Å². The molecule has 9 nitrogen and oxygen atoms in total. The molecule has 0 bridgehead atoms. The minimum atomic E-state index is -0.459. The van der Waals surface area contributed by atoms with Crippen molar-refractivity contribution in [3.8, 4) is 0 Å². The van der Waals surface area contributed by atoms with Crippen molar-refractivity contribution in [3.63, 3.8) is 0 Å². The second-order valence-corrected chi connectivity index (χ2v) is 8.12. The van der Waals surface area contributed by atoms with Gasteiger partial charge in [0, 0.05) is 32.9 Å². The number of likely N-dealkylation sites (tertiary alicyclic amines) is 1. The Bertz CT molecular complexity index is 1110. The molecule has 0 radical (unpaired) electrons. The van der Waals surface area contributed by atoms with Crippen LogP contribution in [0.3, 0.4) is 0 Å². The summed E-state index contributed by atoms with van der Waals surface area (Å²) in [5.74, 6) is -1.42. The van der Waals surface area contributed by atoms with E-state index in [9.17, 15) is 24.0 Å². The maximum Gasteiger partial charge on any atom is 0.263 e. The van der Waals surface area contributed by atoms with E-state index in [0.29, 0.717) is 43.6 Å². The molecule has 0 aliphatic carbocycles. The smallest absolute Gasteiger partial charge is 0.263 e. The summed E-state index contributed by atoms with van der Waals surface area (Å²) in [7, 11) is 1.61. The average molecular weight is 436 g/mol. The first-order valence-electron chi connectivity index (χ1n) is 10.5. The normalized spacial score (nSPS) is 16.3. The number of pyridine rings is 1. The first-order chi connectivity index (χ1) is 15.4. The van der Waals surface area contributed by atoms with Crippen LogP contribution >= 0.6 is 0 Å². The molecule has 0 atom stereocenters. The van der Waals surface area contributed by atoms with Gasteiger partial charge in [-0.1, -0.05) is 12.1 Å². The molecular weight excluding hydrogens is 412 g/mol. The molecule has 2 aliphatic rings. The number of imide groups is 1. The average Bonchev–Trinajstić information content (AvgIpc) is 3.04. The first kappa shape index (κ1) is 21.5. The first-order valence-corrected chi connectivity index (χ1v) is 10.5. The van der Waals surface area contributed by atoms with Gasteiger partial charge in [0.1, 0.15) is 12.1 Å². The monoisotopic (exact) mass is 436 g/mol. The van der Waals surface area contributed by atoms with Crippen molar-refractivity contribution in [2.45, 2.75) is 12.8 Å². The summed E-state index contributed by atoms with van der Waals surface area (Å²) in [5, 5.41) is 2.80. The molecular formula is C23H24N4O5. The Morgan fingerprint density at radius 1 is 0.969 bits per heavy atom. The molecule has 9 heteroatoms. The van der Waals surface area contributed by atoms with E-state index in [4.69, 9.17) is 0 Å². The number of fused-ring (bicyclic) bond motifs is 1. The molecule has 0 spiro atoms. The fraction of sp³-hybridized carbons (Fsp3) is 0.348. The van der Waals surface area contributed by atoms with Gasteiger partial charge in [0.2, 0.25) is 5.91 Å². The number of piperidine rings is 1. The van der Waals surface area contributed by atoms with Crippen LogP contribution in [0.15, 0.2) is 47.4 Å². The van der Waals surface area contributed by atoms with Crippen LogP contribution in [0.4, 0.5) is 0 Å². The van der Waals surface area contributed by atoms with Crippen molar-refractivity contribution >= 4 is 23.6 Å². The Hall–Kier alpha value is -3.75. The largest absolute Gasteiger partial charge is 0.354 e. The summed E-state index contributed by atoms with van der Waals surface area (Å²) in [6.45, 7) is 1.07. The van der Waals surface area contributed by atoms with E-state index in [-0.39, 0.29) is 29.5 Å². The van der Waals surface area contributed by atoms with E-state index in [1.807, 2.05) is 0 Å². The van der Waals surface area contributed by atoms with Gasteiger partial charge in [-0.05, 0) is 43.0 Å². The number of amides is 4. The second kappa shape index (κ2) is 8.78. The van der Waals surface area contributed by atoms with Crippen LogP contribution in [-0.4, -0.2) is 64.2 Å². The highest BCUT2D eigenvalue weighted by atomic mass is 16.2. The van der Waals surface area contributed by atoms with E-state index < -0.39 is 17.7 Å². The summed E-state index contributed by atoms with van der Waals surface area (Å²) in [6, 6.07) is 9.73. The van der Waals surface area contributed by atoms with Gasteiger partial charge in [0.15, 0.2) is 0 Å². The molecule has 3 heterocycles. The summed E-state index contributed by atoms with van der Waals surface area (Å²) in [6.07, 6.45) is 2.98. The van der Waals surface area contributed by atoms with Crippen LogP contribution < -0.4 is 10.9 Å². The predicted molar refractivity (Wildman–Crippen MR) is 115 cm³/mol. The number of aryl methyl sites for hydroxylation is 1. The van der Waals surface area contributed by atoms with Gasteiger partial charge in [-0.3, -0.25) is 28.9 Å². The van der Waals surface area contributed by atoms with Gasteiger partial charge < -0.3 is 14.8 Å². The zero-order valence-electron chi connectivity index (χ0n) is 17.7. The number of hydrogen-bond donors (Lipinski definition) is 1. The molecule has 1 aromatic carbocycles. The zero-order chi connectivity index (χ0) is 22.8. The standard InChI is InChI=1S/C23H24N4O5/c1-25-10-4-7-18(20(25)29)21(30)26-11-8-15(9-12-26)13-24-19(28)14-27-22(31)16-5-2-3-6-17(16)23(27)32/h2-7,10,15H,8-9,11-14H2,1H3,(H,24,28). The Morgan fingerprint density at radius 2 is 1.59 bits per heavy atom. The Balaban J connectivity index is 1.26. The molecule has 2 aliphatic heterocycles. The SMILES string of the molecule is Cn1cccc(C(=O)N2CCC(CNC(=O)CN3C(=O)c4ccccc4C3=O)CC2)c1=O. The van der Waals surface area contributed by atoms with Crippen LogP contribution in [-0.2, 0) is 11.8 Å². The lowest BCUT2D eigenvalue weighted by atomic mass is 9.96. The topological polar surface area (TPSA) is 109 Å².